The maximum absolute atomic E-state index is 11.1. The first-order chi connectivity index (χ1) is 9.58. The molecule has 2 aromatic rings. The largest absolute Gasteiger partial charge is 0.465 e. The number of rotatable bonds is 1. The summed E-state index contributed by atoms with van der Waals surface area (Å²) in [6, 6.07) is 0. The third-order valence-electron chi connectivity index (χ3n) is 3.19. The maximum Gasteiger partial charge on any atom is 0.407 e. The van der Waals surface area contributed by atoms with Crippen LogP contribution in [0.4, 0.5) is 10.6 Å². The number of amides is 1. The van der Waals surface area contributed by atoms with Crippen LogP contribution < -0.4 is 5.73 Å². The predicted octanol–water partition coefficient (Wildman–Crippen LogP) is 1.84. The maximum atomic E-state index is 11.1. The molecule has 0 saturated carbocycles. The third-order valence-corrected chi connectivity index (χ3v) is 4.93. The number of hydrogen-bond acceptors (Lipinski definition) is 5. The fraction of sp³-hybridized carbons (Fsp3) is 0.364. The molecule has 106 valence electrons. The van der Waals surface area contributed by atoms with Gasteiger partial charge in [-0.2, -0.15) is 0 Å². The minimum absolute atomic E-state index is 0.0135. The van der Waals surface area contributed by atoms with Crippen LogP contribution in [-0.2, 0) is 0 Å². The number of carboxylic acid groups (broad SMARTS) is 1. The van der Waals surface area contributed by atoms with Gasteiger partial charge in [0, 0.05) is 31.2 Å². The fourth-order valence-corrected chi connectivity index (χ4v) is 4.04. The van der Waals surface area contributed by atoms with Gasteiger partial charge in [0.15, 0.2) is 5.82 Å². The van der Waals surface area contributed by atoms with Crippen LogP contribution in [0.3, 0.4) is 0 Å². The molecular formula is C11H12BrN5O2S. The summed E-state index contributed by atoms with van der Waals surface area (Å²) >= 11 is 5.09. The van der Waals surface area contributed by atoms with Crippen molar-refractivity contribution in [1.82, 2.24) is 19.3 Å². The van der Waals surface area contributed by atoms with Crippen LogP contribution in [-0.4, -0.2) is 49.3 Å². The summed E-state index contributed by atoms with van der Waals surface area (Å²) in [4.78, 5) is 21.1. The van der Waals surface area contributed by atoms with E-state index in [9.17, 15) is 4.79 Å². The van der Waals surface area contributed by atoms with Gasteiger partial charge in [-0.25, -0.2) is 14.8 Å². The average molecular weight is 358 g/mol. The summed E-state index contributed by atoms with van der Waals surface area (Å²) in [5.74, 6) is 1.94. The Labute approximate surface area is 127 Å². The molecule has 3 rings (SSSR count). The number of thioether (sulfide) groups is 1. The Morgan fingerprint density at radius 2 is 2.40 bits per heavy atom. The standard InChI is InChI=1S/C11H12BrN5O2S/c12-8-7-9(13)14-1-2-17(7)10(15-8)6-5-16(11(18)19)3-4-20-6/h1-2,6H,3-5H2,(H2,13,14)(H,18,19). The van der Waals surface area contributed by atoms with Crippen LogP contribution in [0.25, 0.3) is 5.52 Å². The number of halogens is 1. The van der Waals surface area contributed by atoms with Crippen molar-refractivity contribution in [1.29, 1.82) is 0 Å². The number of carbonyl (C=O) groups is 1. The summed E-state index contributed by atoms with van der Waals surface area (Å²) < 4.78 is 2.50. The first-order valence-electron chi connectivity index (χ1n) is 5.95. The molecule has 3 heterocycles. The van der Waals surface area contributed by atoms with Gasteiger partial charge in [0.2, 0.25) is 0 Å². The first-order valence-corrected chi connectivity index (χ1v) is 7.79. The average Bonchev–Trinajstić information content (AvgIpc) is 2.78. The summed E-state index contributed by atoms with van der Waals surface area (Å²) in [5, 5.41) is 9.10. The van der Waals surface area contributed by atoms with Crippen molar-refractivity contribution < 1.29 is 9.90 Å². The molecule has 1 atom stereocenters. The summed E-state index contributed by atoms with van der Waals surface area (Å²) in [5.41, 5.74) is 6.58. The van der Waals surface area contributed by atoms with Crippen molar-refractivity contribution in [3.8, 4) is 0 Å². The van der Waals surface area contributed by atoms with Crippen LogP contribution in [0.2, 0.25) is 0 Å². The third kappa shape index (κ3) is 2.20. The van der Waals surface area contributed by atoms with Gasteiger partial charge in [-0.15, -0.1) is 11.8 Å². The van der Waals surface area contributed by atoms with E-state index >= 15 is 0 Å². The van der Waals surface area contributed by atoms with Crippen molar-refractivity contribution in [2.45, 2.75) is 5.25 Å². The summed E-state index contributed by atoms with van der Waals surface area (Å²) in [6.07, 6.45) is 2.51. The van der Waals surface area contributed by atoms with E-state index in [1.54, 1.807) is 24.2 Å². The SMILES string of the molecule is Nc1nccn2c(C3CN(C(=O)O)CCS3)nc(Br)c12. The molecule has 1 aliphatic rings. The molecule has 1 aliphatic heterocycles. The van der Waals surface area contributed by atoms with Gasteiger partial charge >= 0.3 is 6.09 Å². The van der Waals surface area contributed by atoms with Crippen molar-refractivity contribution in [2.75, 3.05) is 24.6 Å². The zero-order valence-corrected chi connectivity index (χ0v) is 12.8. The number of nitrogens with two attached hydrogens (primary N) is 1. The van der Waals surface area contributed by atoms with Crippen molar-refractivity contribution >= 4 is 45.1 Å². The molecular weight excluding hydrogens is 346 g/mol. The second-order valence-electron chi connectivity index (χ2n) is 4.38. The Morgan fingerprint density at radius 3 is 3.15 bits per heavy atom. The van der Waals surface area contributed by atoms with Crippen LogP contribution in [0.5, 0.6) is 0 Å². The highest BCUT2D eigenvalue weighted by atomic mass is 79.9. The topological polar surface area (TPSA) is 96.8 Å². The fourth-order valence-electron chi connectivity index (χ4n) is 2.25. The number of anilines is 1. The lowest BCUT2D eigenvalue weighted by atomic mass is 10.3. The lowest BCUT2D eigenvalue weighted by Crippen LogP contribution is -2.38. The molecule has 7 nitrogen and oxygen atoms in total. The van der Waals surface area contributed by atoms with Crippen LogP contribution >= 0.6 is 27.7 Å². The summed E-state index contributed by atoms with van der Waals surface area (Å²) in [7, 11) is 0. The van der Waals surface area contributed by atoms with E-state index in [0.717, 1.165) is 17.1 Å². The molecule has 1 unspecified atom stereocenters. The number of nitrogen functional groups attached to an aromatic ring is 1. The molecule has 3 N–H and O–H groups in total. The van der Waals surface area contributed by atoms with E-state index in [0.29, 0.717) is 23.5 Å². The molecule has 0 aromatic carbocycles. The van der Waals surface area contributed by atoms with Crippen LogP contribution in [0.1, 0.15) is 11.1 Å². The second-order valence-corrected chi connectivity index (χ2v) is 6.44. The zero-order valence-electron chi connectivity index (χ0n) is 10.4. The van der Waals surface area contributed by atoms with E-state index in [4.69, 9.17) is 10.8 Å². The molecule has 20 heavy (non-hydrogen) atoms. The Morgan fingerprint density at radius 1 is 1.60 bits per heavy atom. The van der Waals surface area contributed by atoms with Gasteiger partial charge in [-0.1, -0.05) is 0 Å². The number of aromatic nitrogens is 3. The smallest absolute Gasteiger partial charge is 0.407 e. The monoisotopic (exact) mass is 357 g/mol. The Hall–Kier alpha value is -1.48. The molecule has 2 aromatic heterocycles. The number of hydrogen-bond donors (Lipinski definition) is 2. The molecule has 1 amide bonds. The molecule has 1 saturated heterocycles. The minimum atomic E-state index is -0.892. The summed E-state index contributed by atoms with van der Waals surface area (Å²) in [6.45, 7) is 0.971. The minimum Gasteiger partial charge on any atom is -0.465 e. The van der Waals surface area contributed by atoms with E-state index in [2.05, 4.69) is 25.9 Å². The van der Waals surface area contributed by atoms with Crippen molar-refractivity contribution in [3.63, 3.8) is 0 Å². The van der Waals surface area contributed by atoms with Gasteiger partial charge in [0.05, 0.1) is 5.25 Å². The Kier molecular flexibility index (Phi) is 3.47. The van der Waals surface area contributed by atoms with Gasteiger partial charge < -0.3 is 15.7 Å². The van der Waals surface area contributed by atoms with Gasteiger partial charge in [-0.05, 0) is 15.9 Å². The van der Waals surface area contributed by atoms with Crippen molar-refractivity contribution in [2.24, 2.45) is 0 Å². The highest BCUT2D eigenvalue weighted by molar-refractivity contribution is 9.10. The van der Waals surface area contributed by atoms with Crippen LogP contribution in [0, 0.1) is 0 Å². The van der Waals surface area contributed by atoms with E-state index in [1.807, 2.05) is 4.40 Å². The number of nitrogens with zero attached hydrogens (tertiary/aromatic N) is 4. The van der Waals surface area contributed by atoms with Gasteiger partial charge in [0.25, 0.3) is 0 Å². The predicted molar refractivity (Wildman–Crippen MR) is 79.9 cm³/mol. The molecule has 0 aliphatic carbocycles. The van der Waals surface area contributed by atoms with E-state index in [1.165, 1.54) is 4.90 Å². The highest BCUT2D eigenvalue weighted by Crippen LogP contribution is 2.35. The molecule has 0 bridgehead atoms. The Balaban J connectivity index is 2.02. The highest BCUT2D eigenvalue weighted by Gasteiger charge is 2.28. The Bertz CT molecular complexity index is 676. The first kappa shape index (κ1) is 13.5. The lowest BCUT2D eigenvalue weighted by Gasteiger charge is -2.29. The van der Waals surface area contributed by atoms with E-state index < -0.39 is 6.09 Å². The molecule has 0 radical (unpaired) electrons. The normalized spacial score (nSPS) is 19.4. The number of fused-ring (bicyclic) bond motifs is 1. The molecule has 1 fully saturated rings. The number of imidazole rings is 1. The zero-order chi connectivity index (χ0) is 14.3. The van der Waals surface area contributed by atoms with E-state index in [-0.39, 0.29) is 5.25 Å². The van der Waals surface area contributed by atoms with Gasteiger partial charge in [0.1, 0.15) is 15.9 Å². The van der Waals surface area contributed by atoms with Crippen LogP contribution in [0.15, 0.2) is 17.0 Å². The van der Waals surface area contributed by atoms with Gasteiger partial charge in [-0.3, -0.25) is 4.40 Å². The van der Waals surface area contributed by atoms with Crippen molar-refractivity contribution in [3.05, 3.63) is 22.8 Å². The lowest BCUT2D eigenvalue weighted by molar-refractivity contribution is 0.146. The second kappa shape index (κ2) is 5.13. The molecule has 9 heteroatoms. The quantitative estimate of drug-likeness (QED) is 0.808. The molecule has 0 spiro atoms.